The minimum Gasteiger partial charge on any atom is -0.394 e. The molecule has 1 unspecified atom stereocenters. The molecule has 1 saturated carbocycles. The molecule has 1 saturated heterocycles. The van der Waals surface area contributed by atoms with Crippen LogP contribution in [-0.2, 0) is 9.53 Å². The van der Waals surface area contributed by atoms with Gasteiger partial charge >= 0.3 is 0 Å². The first-order valence-corrected chi connectivity index (χ1v) is 7.29. The summed E-state index contributed by atoms with van der Waals surface area (Å²) in [5.74, 6) is 0.180. The van der Waals surface area contributed by atoms with Crippen molar-refractivity contribution in [1.29, 1.82) is 0 Å². The quantitative estimate of drug-likeness (QED) is 0.878. The molecule has 108 valence electrons. The van der Waals surface area contributed by atoms with Gasteiger partial charge in [0.15, 0.2) is 0 Å². The number of aliphatic hydroxyl groups excluding tert-OH is 1. The Kier molecular flexibility index (Phi) is 3.76. The lowest BCUT2D eigenvalue weighted by Gasteiger charge is -2.23. The highest BCUT2D eigenvalue weighted by atomic mass is 16.5. The van der Waals surface area contributed by atoms with Gasteiger partial charge in [0.25, 0.3) is 0 Å². The van der Waals surface area contributed by atoms with Gasteiger partial charge in [-0.15, -0.1) is 0 Å². The van der Waals surface area contributed by atoms with Crippen molar-refractivity contribution in [2.24, 2.45) is 11.3 Å². The van der Waals surface area contributed by atoms with Crippen LogP contribution in [0.1, 0.15) is 30.9 Å². The third kappa shape index (κ3) is 2.58. The van der Waals surface area contributed by atoms with Gasteiger partial charge in [-0.3, -0.25) is 4.79 Å². The summed E-state index contributed by atoms with van der Waals surface area (Å²) >= 11 is 0. The second kappa shape index (κ2) is 5.54. The highest BCUT2D eigenvalue weighted by Gasteiger charge is 2.58. The zero-order valence-corrected chi connectivity index (χ0v) is 11.5. The van der Waals surface area contributed by atoms with E-state index in [1.165, 1.54) is 0 Å². The van der Waals surface area contributed by atoms with Crippen LogP contribution in [0.25, 0.3) is 0 Å². The SMILES string of the molecule is O=C(N[C@H](CO)c1ccccc1)C1CC12CCOCC2. The third-order valence-corrected chi connectivity index (χ3v) is 4.70. The molecule has 0 bridgehead atoms. The molecule has 1 aromatic rings. The van der Waals surface area contributed by atoms with E-state index in [9.17, 15) is 9.90 Å². The van der Waals surface area contributed by atoms with Crippen molar-refractivity contribution in [2.45, 2.75) is 25.3 Å². The van der Waals surface area contributed by atoms with E-state index in [-0.39, 0.29) is 29.9 Å². The Balaban J connectivity index is 1.61. The molecular formula is C16H21NO3. The molecule has 2 atom stereocenters. The van der Waals surface area contributed by atoms with Crippen molar-refractivity contribution >= 4 is 5.91 Å². The smallest absolute Gasteiger partial charge is 0.224 e. The number of amides is 1. The van der Waals surface area contributed by atoms with Crippen LogP contribution in [0.5, 0.6) is 0 Å². The first-order chi connectivity index (χ1) is 9.75. The summed E-state index contributed by atoms with van der Waals surface area (Å²) in [4.78, 5) is 12.4. The molecule has 1 aromatic carbocycles. The van der Waals surface area contributed by atoms with Gasteiger partial charge in [0.05, 0.1) is 12.6 Å². The van der Waals surface area contributed by atoms with Gasteiger partial charge in [-0.2, -0.15) is 0 Å². The monoisotopic (exact) mass is 275 g/mol. The Hall–Kier alpha value is -1.39. The van der Waals surface area contributed by atoms with E-state index < -0.39 is 0 Å². The van der Waals surface area contributed by atoms with Crippen LogP contribution in [0.15, 0.2) is 30.3 Å². The van der Waals surface area contributed by atoms with Crippen molar-refractivity contribution in [3.05, 3.63) is 35.9 Å². The number of carbonyl (C=O) groups is 1. The van der Waals surface area contributed by atoms with Gasteiger partial charge in [-0.05, 0) is 30.2 Å². The van der Waals surface area contributed by atoms with E-state index in [0.29, 0.717) is 0 Å². The Bertz CT molecular complexity index is 468. The van der Waals surface area contributed by atoms with Crippen molar-refractivity contribution in [2.75, 3.05) is 19.8 Å². The van der Waals surface area contributed by atoms with Crippen LogP contribution in [0.4, 0.5) is 0 Å². The zero-order valence-electron chi connectivity index (χ0n) is 11.5. The molecule has 4 heteroatoms. The summed E-state index contributed by atoms with van der Waals surface area (Å²) in [5.41, 5.74) is 1.13. The predicted molar refractivity (Wildman–Crippen MR) is 75.0 cm³/mol. The first kappa shape index (κ1) is 13.6. The van der Waals surface area contributed by atoms with Crippen LogP contribution in [0, 0.1) is 11.3 Å². The lowest BCUT2D eigenvalue weighted by atomic mass is 9.93. The maximum absolute atomic E-state index is 12.4. The van der Waals surface area contributed by atoms with Crippen molar-refractivity contribution in [1.82, 2.24) is 5.32 Å². The molecular weight excluding hydrogens is 254 g/mol. The van der Waals surface area contributed by atoms with Crippen molar-refractivity contribution < 1.29 is 14.6 Å². The Morgan fingerprint density at radius 3 is 2.70 bits per heavy atom. The molecule has 1 spiro atoms. The molecule has 1 heterocycles. The minimum atomic E-state index is -0.304. The molecule has 1 amide bonds. The van der Waals surface area contributed by atoms with Crippen LogP contribution in [-0.4, -0.2) is 30.8 Å². The number of nitrogens with one attached hydrogen (secondary N) is 1. The fourth-order valence-electron chi connectivity index (χ4n) is 3.24. The molecule has 1 aliphatic carbocycles. The number of rotatable bonds is 4. The molecule has 0 radical (unpaired) electrons. The lowest BCUT2D eigenvalue weighted by molar-refractivity contribution is -0.124. The maximum atomic E-state index is 12.4. The number of aliphatic hydroxyl groups is 1. The van der Waals surface area contributed by atoms with E-state index in [0.717, 1.165) is 38.0 Å². The van der Waals surface area contributed by atoms with Crippen molar-refractivity contribution in [3.8, 4) is 0 Å². The van der Waals surface area contributed by atoms with Gasteiger partial charge in [-0.25, -0.2) is 0 Å². The zero-order chi connectivity index (χ0) is 14.0. The Morgan fingerprint density at radius 1 is 1.35 bits per heavy atom. The van der Waals surface area contributed by atoms with E-state index >= 15 is 0 Å². The molecule has 3 rings (SSSR count). The number of benzene rings is 1. The van der Waals surface area contributed by atoms with Crippen LogP contribution in [0.3, 0.4) is 0 Å². The highest BCUT2D eigenvalue weighted by Crippen LogP contribution is 2.59. The Labute approximate surface area is 119 Å². The minimum absolute atomic E-state index is 0.0708. The molecule has 4 nitrogen and oxygen atoms in total. The van der Waals surface area contributed by atoms with Gasteiger partial charge in [0.1, 0.15) is 0 Å². The summed E-state index contributed by atoms with van der Waals surface area (Å²) in [6.07, 6.45) is 2.94. The van der Waals surface area contributed by atoms with Crippen LogP contribution in [0.2, 0.25) is 0 Å². The second-order valence-electron chi connectivity index (χ2n) is 5.89. The summed E-state index contributed by atoms with van der Waals surface area (Å²) in [6.45, 7) is 1.47. The molecule has 20 heavy (non-hydrogen) atoms. The average Bonchev–Trinajstić information content (AvgIpc) is 3.19. The topological polar surface area (TPSA) is 58.6 Å². The van der Waals surface area contributed by atoms with Gasteiger partial charge in [0.2, 0.25) is 5.91 Å². The van der Waals surface area contributed by atoms with E-state index in [2.05, 4.69) is 5.32 Å². The predicted octanol–water partition coefficient (Wildman–Crippen LogP) is 1.65. The number of ether oxygens (including phenoxy) is 1. The van der Waals surface area contributed by atoms with Crippen molar-refractivity contribution in [3.63, 3.8) is 0 Å². The summed E-state index contributed by atoms with van der Waals surface area (Å²) in [5, 5.41) is 12.5. The molecule has 0 aromatic heterocycles. The molecule has 2 N–H and O–H groups in total. The third-order valence-electron chi connectivity index (χ3n) is 4.70. The van der Waals surface area contributed by atoms with E-state index in [4.69, 9.17) is 4.74 Å². The van der Waals surface area contributed by atoms with Gasteiger partial charge in [-0.1, -0.05) is 30.3 Å². The molecule has 2 aliphatic rings. The molecule has 1 aliphatic heterocycles. The number of hydrogen-bond donors (Lipinski definition) is 2. The Morgan fingerprint density at radius 2 is 2.05 bits per heavy atom. The second-order valence-corrected chi connectivity index (χ2v) is 5.89. The fourth-order valence-corrected chi connectivity index (χ4v) is 3.24. The first-order valence-electron chi connectivity index (χ1n) is 7.29. The van der Waals surface area contributed by atoms with Crippen LogP contribution >= 0.6 is 0 Å². The largest absolute Gasteiger partial charge is 0.394 e. The lowest BCUT2D eigenvalue weighted by Crippen LogP contribution is -2.34. The number of carbonyl (C=O) groups excluding carboxylic acids is 1. The highest BCUT2D eigenvalue weighted by molar-refractivity contribution is 5.83. The maximum Gasteiger partial charge on any atom is 0.224 e. The van der Waals surface area contributed by atoms with Gasteiger partial charge in [0, 0.05) is 19.1 Å². The standard InChI is InChI=1S/C16H21NO3/c18-11-14(12-4-2-1-3-5-12)17-15(19)13-10-16(13)6-8-20-9-7-16/h1-5,13-14,18H,6-11H2,(H,17,19)/t13?,14-/m1/s1. The summed E-state index contributed by atoms with van der Waals surface area (Å²) in [6, 6.07) is 9.32. The summed E-state index contributed by atoms with van der Waals surface area (Å²) < 4.78 is 5.37. The molecule has 2 fully saturated rings. The number of hydrogen-bond acceptors (Lipinski definition) is 3. The van der Waals surface area contributed by atoms with Gasteiger partial charge < -0.3 is 15.2 Å². The van der Waals surface area contributed by atoms with Crippen LogP contribution < -0.4 is 5.32 Å². The van der Waals surface area contributed by atoms with E-state index in [1.807, 2.05) is 30.3 Å². The summed E-state index contributed by atoms with van der Waals surface area (Å²) in [7, 11) is 0. The van der Waals surface area contributed by atoms with E-state index in [1.54, 1.807) is 0 Å². The average molecular weight is 275 g/mol. The normalized spacial score (nSPS) is 25.1. The fraction of sp³-hybridized carbons (Fsp3) is 0.562.